The summed E-state index contributed by atoms with van der Waals surface area (Å²) >= 11 is 0. The summed E-state index contributed by atoms with van der Waals surface area (Å²) in [4.78, 5) is 6.76. The van der Waals surface area contributed by atoms with Gasteiger partial charge in [-0.3, -0.25) is 0 Å². The average molecular weight is 542 g/mol. The van der Waals surface area contributed by atoms with Crippen molar-refractivity contribution in [3.63, 3.8) is 0 Å². The van der Waals surface area contributed by atoms with E-state index in [0.29, 0.717) is 18.7 Å². The Morgan fingerprint density at radius 2 is 1.90 bits per heavy atom. The molecule has 4 nitrogen and oxygen atoms in total. The highest BCUT2D eigenvalue weighted by Crippen LogP contribution is 2.31. The molecule has 0 amide bonds. The average Bonchev–Trinajstić information content (AvgIpc) is 2.86. The van der Waals surface area contributed by atoms with Crippen LogP contribution in [0.4, 0.5) is 13.2 Å². The fourth-order valence-corrected chi connectivity index (χ4v) is 5.17. The smallest absolute Gasteiger partial charge is 0.387 e. The molecule has 0 saturated heterocycles. The van der Waals surface area contributed by atoms with E-state index in [2.05, 4.69) is 53.7 Å². The highest BCUT2D eigenvalue weighted by atomic mass is 19.3. The molecule has 2 aliphatic rings. The molecule has 7 heteroatoms. The molecule has 212 valence electrons. The third-order valence-electron chi connectivity index (χ3n) is 6.91. The normalized spacial score (nSPS) is 19.0. The first-order chi connectivity index (χ1) is 18.5. The van der Waals surface area contributed by atoms with Crippen LogP contribution in [0.3, 0.4) is 0 Å². The third kappa shape index (κ3) is 7.98. The Morgan fingerprint density at radius 3 is 2.56 bits per heavy atom. The molecule has 2 aromatic rings. The Kier molecular flexibility index (Phi) is 10.4. The van der Waals surface area contributed by atoms with E-state index in [1.165, 1.54) is 6.07 Å². The van der Waals surface area contributed by atoms with Gasteiger partial charge in [-0.15, -0.1) is 0 Å². The molecule has 2 aromatic carbocycles. The van der Waals surface area contributed by atoms with Gasteiger partial charge < -0.3 is 15.0 Å². The van der Waals surface area contributed by atoms with E-state index in [4.69, 9.17) is 0 Å². The van der Waals surface area contributed by atoms with Gasteiger partial charge in [0.2, 0.25) is 0 Å². The Hall–Kier alpha value is -3.06. The van der Waals surface area contributed by atoms with Crippen molar-refractivity contribution in [1.29, 1.82) is 0 Å². The number of rotatable bonds is 6. The summed E-state index contributed by atoms with van der Waals surface area (Å²) in [6.45, 7) is 10.7. The number of hydrogen-bond donors (Lipinski definition) is 1. The maximum Gasteiger partial charge on any atom is 0.387 e. The van der Waals surface area contributed by atoms with Gasteiger partial charge in [-0.25, -0.2) is 9.38 Å². The zero-order valence-electron chi connectivity index (χ0n) is 24.2. The molecule has 0 fully saturated rings. The topological polar surface area (TPSA) is 36.9 Å². The molecule has 1 atom stereocenters. The standard InChI is InChI=1S/C30H36F3N3O.C2H6/c1-19-12-22-15-26(31)25(23-17-35-28(30(2,3)4)36(5)18-23)14-21(22)9-7-11-27(19)34-16-20-8-6-10-24(13-20)37-29(32)33;1-2/h6,8,10,12-15,17,27,29,34H,7,9,11,16,18H2,1-5H3;1-2H3/b19-12+;/t27-;/m1./s1. The van der Waals surface area contributed by atoms with E-state index in [-0.39, 0.29) is 23.0 Å². The maximum absolute atomic E-state index is 15.4. The zero-order chi connectivity index (χ0) is 28.7. The minimum atomic E-state index is -2.84. The lowest BCUT2D eigenvalue weighted by molar-refractivity contribution is -0.0498. The predicted octanol–water partition coefficient (Wildman–Crippen LogP) is 8.08. The van der Waals surface area contributed by atoms with Crippen LogP contribution in [0, 0.1) is 11.2 Å². The van der Waals surface area contributed by atoms with Crippen molar-refractivity contribution in [1.82, 2.24) is 10.2 Å². The van der Waals surface area contributed by atoms with Gasteiger partial charge in [0.05, 0.1) is 0 Å². The predicted molar refractivity (Wildman–Crippen MR) is 156 cm³/mol. The molecule has 1 aliphatic carbocycles. The van der Waals surface area contributed by atoms with Crippen molar-refractivity contribution in [2.45, 2.75) is 80.0 Å². The number of alkyl halides is 2. The summed E-state index contributed by atoms with van der Waals surface area (Å²) in [6.07, 6.45) is 6.60. The van der Waals surface area contributed by atoms with Crippen LogP contribution in [0.25, 0.3) is 11.6 Å². The highest BCUT2D eigenvalue weighted by molar-refractivity contribution is 5.91. The largest absolute Gasteiger partial charge is 0.435 e. The Morgan fingerprint density at radius 1 is 1.15 bits per heavy atom. The van der Waals surface area contributed by atoms with Gasteiger partial charge in [0, 0.05) is 43.4 Å². The van der Waals surface area contributed by atoms with E-state index in [0.717, 1.165) is 52.9 Å². The molecule has 1 aliphatic heterocycles. The fourth-order valence-electron chi connectivity index (χ4n) is 5.17. The monoisotopic (exact) mass is 541 g/mol. The van der Waals surface area contributed by atoms with Crippen LogP contribution in [-0.2, 0) is 13.0 Å². The lowest BCUT2D eigenvalue weighted by Gasteiger charge is -2.33. The second kappa shape index (κ2) is 13.3. The lowest BCUT2D eigenvalue weighted by atomic mass is 9.88. The van der Waals surface area contributed by atoms with Gasteiger partial charge in [-0.1, -0.05) is 58.4 Å². The Labute approximate surface area is 231 Å². The van der Waals surface area contributed by atoms with Crippen LogP contribution in [0.1, 0.15) is 76.6 Å². The van der Waals surface area contributed by atoms with Crippen LogP contribution >= 0.6 is 0 Å². The van der Waals surface area contributed by atoms with Crippen LogP contribution in [-0.4, -0.2) is 37.0 Å². The van der Waals surface area contributed by atoms with Gasteiger partial charge in [0.25, 0.3) is 0 Å². The third-order valence-corrected chi connectivity index (χ3v) is 6.91. The van der Waals surface area contributed by atoms with Crippen LogP contribution in [0.5, 0.6) is 5.75 Å². The van der Waals surface area contributed by atoms with E-state index < -0.39 is 6.61 Å². The number of aryl methyl sites for hydroxylation is 1. The molecular weight excluding hydrogens is 499 g/mol. The van der Waals surface area contributed by atoms with E-state index in [1.807, 2.05) is 39.2 Å². The van der Waals surface area contributed by atoms with Gasteiger partial charge in [-0.2, -0.15) is 8.78 Å². The number of halogens is 3. The zero-order valence-corrected chi connectivity index (χ0v) is 24.2. The molecule has 0 bridgehead atoms. The second-order valence-corrected chi connectivity index (χ2v) is 11.0. The molecule has 39 heavy (non-hydrogen) atoms. The van der Waals surface area contributed by atoms with Crippen molar-refractivity contribution in [2.75, 3.05) is 13.6 Å². The van der Waals surface area contributed by atoms with Crippen LogP contribution in [0.15, 0.2) is 53.2 Å². The Balaban J connectivity index is 0.00000205. The number of benzene rings is 2. The van der Waals surface area contributed by atoms with Crippen molar-refractivity contribution >= 4 is 17.5 Å². The van der Waals surface area contributed by atoms with Gasteiger partial charge in [0.15, 0.2) is 0 Å². The van der Waals surface area contributed by atoms with Crippen molar-refractivity contribution in [3.05, 3.63) is 76.2 Å². The number of nitrogens with one attached hydrogen (secondary N) is 1. The van der Waals surface area contributed by atoms with Gasteiger partial charge in [-0.05, 0) is 72.7 Å². The van der Waals surface area contributed by atoms with Crippen LogP contribution in [0.2, 0.25) is 0 Å². The van der Waals surface area contributed by atoms with Crippen molar-refractivity contribution < 1.29 is 17.9 Å². The summed E-state index contributed by atoms with van der Waals surface area (Å²) in [5.74, 6) is 0.907. The van der Waals surface area contributed by atoms with E-state index in [9.17, 15) is 8.78 Å². The summed E-state index contributed by atoms with van der Waals surface area (Å²) in [5.41, 5.74) is 5.46. The second-order valence-electron chi connectivity index (χ2n) is 11.0. The molecular formula is C32H42F3N3O. The summed E-state index contributed by atoms with van der Waals surface area (Å²) in [5, 5.41) is 3.53. The number of amidine groups is 1. The molecule has 0 unspecified atom stereocenters. The van der Waals surface area contributed by atoms with E-state index in [1.54, 1.807) is 18.2 Å². The molecule has 4 rings (SSSR count). The first-order valence-electron chi connectivity index (χ1n) is 13.8. The molecule has 0 spiro atoms. The summed E-state index contributed by atoms with van der Waals surface area (Å²) in [6, 6.07) is 10.5. The Bertz CT molecular complexity index is 1230. The SMILES string of the molecule is C/C1=C\c2cc(F)c(C3=CN=C(C(C)(C)C)N(C)C3)cc2CCC[C@H]1NCc1cccc(OC(F)F)c1.CC. The van der Waals surface area contributed by atoms with Gasteiger partial charge >= 0.3 is 6.61 Å². The number of hydrogen-bond acceptors (Lipinski definition) is 4. The molecule has 0 aromatic heterocycles. The molecule has 0 saturated carbocycles. The summed E-state index contributed by atoms with van der Waals surface area (Å²) < 4.78 is 44.9. The number of ether oxygens (including phenoxy) is 1. The maximum atomic E-state index is 15.4. The highest BCUT2D eigenvalue weighted by Gasteiger charge is 2.27. The lowest BCUT2D eigenvalue weighted by Crippen LogP contribution is -2.39. The quantitative estimate of drug-likeness (QED) is 0.402. The van der Waals surface area contributed by atoms with Crippen LogP contribution < -0.4 is 10.1 Å². The molecule has 1 heterocycles. The van der Waals surface area contributed by atoms with Crippen molar-refractivity contribution in [2.24, 2.45) is 10.4 Å². The van der Waals surface area contributed by atoms with Crippen molar-refractivity contribution in [3.8, 4) is 5.75 Å². The van der Waals surface area contributed by atoms with Gasteiger partial charge in [0.1, 0.15) is 17.4 Å². The van der Waals surface area contributed by atoms with E-state index >= 15 is 4.39 Å². The summed E-state index contributed by atoms with van der Waals surface area (Å²) in [7, 11) is 2.00. The molecule has 0 radical (unpaired) electrons. The fraction of sp³-hybridized carbons (Fsp3) is 0.469. The number of nitrogens with zero attached hydrogens (tertiary/aromatic N) is 2. The number of aliphatic imine (C=N–C) groups is 1. The molecule has 1 N–H and O–H groups in total. The minimum absolute atomic E-state index is 0.0728. The number of likely N-dealkylation sites (N-methyl/N-ethyl adjacent to an activating group) is 1. The minimum Gasteiger partial charge on any atom is -0.435 e. The first-order valence-corrected chi connectivity index (χ1v) is 13.8. The first kappa shape index (κ1) is 30.5. The number of fused-ring (bicyclic) bond motifs is 1.